The first kappa shape index (κ1) is 27.9. The Balaban J connectivity index is 2.87. The number of Topliss-reactive ketones (excluding diaryl/α,β-unsaturated/α-hetero) is 1. The van der Waals surface area contributed by atoms with Gasteiger partial charge in [0.05, 0.1) is 19.6 Å². The number of rotatable bonds is 12. The highest BCUT2D eigenvalue weighted by Crippen LogP contribution is 2.03. The molecule has 184 valence electrons. The van der Waals surface area contributed by atoms with Crippen molar-refractivity contribution >= 4 is 23.7 Å². The Morgan fingerprint density at radius 3 is 1.25 bits per heavy atom. The molecule has 0 aliphatic carbocycles. The predicted molar refractivity (Wildman–Crippen MR) is 117 cm³/mol. The molecule has 12 heteroatoms. The van der Waals surface area contributed by atoms with Crippen LogP contribution in [-0.2, 0) is 19.2 Å². The van der Waals surface area contributed by atoms with E-state index in [4.69, 9.17) is 5.73 Å². The van der Waals surface area contributed by atoms with Gasteiger partial charge in [0, 0.05) is 71.7 Å². The smallest absolute Gasteiger partial charge is 0.317 e. The number of hydrogen-bond donors (Lipinski definition) is 4. The fourth-order valence-corrected chi connectivity index (χ4v) is 3.56. The van der Waals surface area contributed by atoms with Crippen molar-refractivity contribution in [2.75, 3.05) is 85.1 Å². The number of aliphatic carboxylic acids is 3. The van der Waals surface area contributed by atoms with Crippen LogP contribution in [-0.4, -0.2) is 144 Å². The van der Waals surface area contributed by atoms with Gasteiger partial charge in [0.2, 0.25) is 0 Å². The lowest BCUT2D eigenvalue weighted by Gasteiger charge is -2.33. The normalized spacial score (nSPS) is 18.5. The van der Waals surface area contributed by atoms with Crippen LogP contribution in [0.1, 0.15) is 19.3 Å². The maximum absolute atomic E-state index is 12.1. The third kappa shape index (κ3) is 13.3. The van der Waals surface area contributed by atoms with E-state index in [-0.39, 0.29) is 25.4 Å². The Morgan fingerprint density at radius 1 is 0.594 bits per heavy atom. The van der Waals surface area contributed by atoms with Crippen LogP contribution in [0.3, 0.4) is 0 Å². The lowest BCUT2D eigenvalue weighted by Crippen LogP contribution is -2.48. The summed E-state index contributed by atoms with van der Waals surface area (Å²) in [7, 11) is 0. The van der Waals surface area contributed by atoms with E-state index in [9.17, 15) is 34.5 Å². The molecule has 0 spiro atoms. The number of carbonyl (C=O) groups is 4. The second-order valence-corrected chi connectivity index (χ2v) is 8.03. The van der Waals surface area contributed by atoms with Crippen molar-refractivity contribution in [2.45, 2.75) is 19.3 Å². The van der Waals surface area contributed by atoms with Crippen LogP contribution in [0.15, 0.2) is 0 Å². The first-order valence-corrected chi connectivity index (χ1v) is 11.0. The van der Waals surface area contributed by atoms with E-state index < -0.39 is 17.9 Å². The average Bonchev–Trinajstić information content (AvgIpc) is 2.70. The molecule has 1 fully saturated rings. The van der Waals surface area contributed by atoms with E-state index >= 15 is 0 Å². The molecule has 0 radical (unpaired) electrons. The fourth-order valence-electron chi connectivity index (χ4n) is 3.56. The van der Waals surface area contributed by atoms with E-state index in [1.54, 1.807) is 14.7 Å². The second-order valence-electron chi connectivity index (χ2n) is 8.03. The van der Waals surface area contributed by atoms with Gasteiger partial charge in [-0.15, -0.1) is 0 Å². The SMILES string of the molecule is NCCCC(=O)CCN1CCN(CC(=O)O)CCN(CC(=O)O)CCN(CC(=O)O)CC1. The van der Waals surface area contributed by atoms with Crippen molar-refractivity contribution in [3.63, 3.8) is 0 Å². The summed E-state index contributed by atoms with van der Waals surface area (Å²) in [5.41, 5.74) is 5.45. The molecule has 0 unspecified atom stereocenters. The van der Waals surface area contributed by atoms with Crippen LogP contribution in [0, 0.1) is 0 Å². The molecule has 1 aliphatic heterocycles. The van der Waals surface area contributed by atoms with Gasteiger partial charge >= 0.3 is 17.9 Å². The topological polar surface area (TPSA) is 168 Å². The third-order valence-electron chi connectivity index (χ3n) is 5.37. The van der Waals surface area contributed by atoms with Crippen LogP contribution >= 0.6 is 0 Å². The molecule has 0 saturated carbocycles. The number of hydrogen-bond acceptors (Lipinski definition) is 9. The molecule has 0 amide bonds. The van der Waals surface area contributed by atoms with Crippen LogP contribution in [0.2, 0.25) is 0 Å². The van der Waals surface area contributed by atoms with Crippen LogP contribution in [0.25, 0.3) is 0 Å². The lowest BCUT2D eigenvalue weighted by atomic mass is 10.1. The zero-order valence-electron chi connectivity index (χ0n) is 18.7. The molecule has 5 N–H and O–H groups in total. The standard InChI is InChI=1S/C20H37N5O7/c21-4-1-2-17(26)3-5-22-6-8-23(14-18(27)28)10-12-25(16-20(31)32)13-11-24(9-7-22)15-19(29)30/h1-16,21H2,(H,27,28)(H,29,30)(H,31,32). The van der Waals surface area contributed by atoms with Gasteiger partial charge < -0.3 is 26.0 Å². The Labute approximate surface area is 188 Å². The van der Waals surface area contributed by atoms with Crippen molar-refractivity contribution in [3.05, 3.63) is 0 Å². The predicted octanol–water partition coefficient (Wildman–Crippen LogP) is -1.84. The number of carboxylic acid groups (broad SMARTS) is 3. The minimum atomic E-state index is -0.989. The number of nitrogens with zero attached hydrogens (tertiary/aromatic N) is 4. The summed E-state index contributed by atoms with van der Waals surface area (Å²) < 4.78 is 0. The molecule has 12 nitrogen and oxygen atoms in total. The van der Waals surface area contributed by atoms with Crippen molar-refractivity contribution in [3.8, 4) is 0 Å². The van der Waals surface area contributed by atoms with Gasteiger partial charge in [0.1, 0.15) is 5.78 Å². The number of carboxylic acids is 3. The second kappa shape index (κ2) is 15.6. The van der Waals surface area contributed by atoms with Gasteiger partial charge in [-0.3, -0.25) is 33.9 Å². The summed E-state index contributed by atoms with van der Waals surface area (Å²) in [4.78, 5) is 53.1. The molecule has 0 aromatic carbocycles. The Morgan fingerprint density at radius 2 is 0.938 bits per heavy atom. The van der Waals surface area contributed by atoms with Gasteiger partial charge in [0.15, 0.2) is 0 Å². The largest absolute Gasteiger partial charge is 0.480 e. The van der Waals surface area contributed by atoms with E-state index in [1.807, 2.05) is 0 Å². The van der Waals surface area contributed by atoms with Crippen molar-refractivity contribution < 1.29 is 34.5 Å². The van der Waals surface area contributed by atoms with E-state index in [0.717, 1.165) is 0 Å². The third-order valence-corrected chi connectivity index (χ3v) is 5.37. The molecule has 1 heterocycles. The Hall–Kier alpha value is -2.12. The highest BCUT2D eigenvalue weighted by atomic mass is 16.4. The first-order valence-electron chi connectivity index (χ1n) is 11.0. The van der Waals surface area contributed by atoms with Gasteiger partial charge in [-0.25, -0.2) is 0 Å². The highest BCUT2D eigenvalue weighted by Gasteiger charge is 2.20. The number of ketones is 1. The van der Waals surface area contributed by atoms with Gasteiger partial charge in [-0.1, -0.05) is 0 Å². The lowest BCUT2D eigenvalue weighted by molar-refractivity contribution is -0.140. The maximum atomic E-state index is 12.1. The van der Waals surface area contributed by atoms with Crippen LogP contribution in [0.4, 0.5) is 0 Å². The minimum Gasteiger partial charge on any atom is -0.480 e. The van der Waals surface area contributed by atoms with Crippen LogP contribution < -0.4 is 5.73 Å². The molecule has 32 heavy (non-hydrogen) atoms. The summed E-state index contributed by atoms with van der Waals surface area (Å²) in [5, 5.41) is 27.6. The van der Waals surface area contributed by atoms with Gasteiger partial charge in [-0.05, 0) is 13.0 Å². The van der Waals surface area contributed by atoms with E-state index in [1.165, 1.54) is 0 Å². The molecular weight excluding hydrogens is 422 g/mol. The van der Waals surface area contributed by atoms with Gasteiger partial charge in [0.25, 0.3) is 0 Å². The summed E-state index contributed by atoms with van der Waals surface area (Å²) in [6, 6.07) is 0. The summed E-state index contributed by atoms with van der Waals surface area (Å²) in [6.45, 7) is 3.88. The van der Waals surface area contributed by atoms with Gasteiger partial charge in [-0.2, -0.15) is 0 Å². The summed E-state index contributed by atoms with van der Waals surface area (Å²) in [5.74, 6) is -2.79. The maximum Gasteiger partial charge on any atom is 0.317 e. The highest BCUT2D eigenvalue weighted by molar-refractivity contribution is 5.78. The molecule has 1 saturated heterocycles. The minimum absolute atomic E-state index is 0.121. The molecular formula is C20H37N5O7. The molecule has 0 bridgehead atoms. The molecule has 1 rings (SSSR count). The van der Waals surface area contributed by atoms with E-state index in [2.05, 4.69) is 4.90 Å². The summed E-state index contributed by atoms with van der Waals surface area (Å²) in [6.07, 6.45) is 1.44. The van der Waals surface area contributed by atoms with Crippen molar-refractivity contribution in [1.29, 1.82) is 0 Å². The molecule has 0 aromatic rings. The summed E-state index contributed by atoms with van der Waals surface area (Å²) >= 11 is 0. The fraction of sp³-hybridized carbons (Fsp3) is 0.800. The Kier molecular flexibility index (Phi) is 13.6. The average molecular weight is 460 g/mol. The zero-order valence-corrected chi connectivity index (χ0v) is 18.7. The molecule has 1 aliphatic rings. The molecule has 0 aromatic heterocycles. The van der Waals surface area contributed by atoms with Crippen LogP contribution in [0.5, 0.6) is 0 Å². The molecule has 0 atom stereocenters. The van der Waals surface area contributed by atoms with Crippen molar-refractivity contribution in [1.82, 2.24) is 19.6 Å². The Bertz CT molecular complexity index is 587. The number of carbonyl (C=O) groups excluding carboxylic acids is 1. The number of nitrogens with two attached hydrogens (primary N) is 1. The monoisotopic (exact) mass is 459 g/mol. The quantitative estimate of drug-likeness (QED) is 0.258. The van der Waals surface area contributed by atoms with Crippen molar-refractivity contribution in [2.24, 2.45) is 5.73 Å². The zero-order chi connectivity index (χ0) is 23.9. The van der Waals surface area contributed by atoms with E-state index in [0.29, 0.717) is 84.7 Å². The first-order chi connectivity index (χ1) is 15.2.